The van der Waals surface area contributed by atoms with Gasteiger partial charge in [0.15, 0.2) is 6.61 Å². The molecule has 1 aliphatic heterocycles. The molecule has 2 aromatic rings. The average Bonchev–Trinajstić information content (AvgIpc) is 3.47. The van der Waals surface area contributed by atoms with Gasteiger partial charge in [0.25, 0.3) is 5.91 Å². The predicted molar refractivity (Wildman–Crippen MR) is 122 cm³/mol. The second-order valence-electron chi connectivity index (χ2n) is 9.23. The summed E-state index contributed by atoms with van der Waals surface area (Å²) in [6, 6.07) is 9.89. The zero-order valence-electron chi connectivity index (χ0n) is 19.0. The van der Waals surface area contributed by atoms with Crippen LogP contribution in [0.1, 0.15) is 29.3 Å². The standard InChI is InChI=1S/C26H21F3N2O5/c1-13-8-15-10-19(13)22-21(15)23(33)31(24(22)34)18-7-2-4-14(9-18)25(35)36-12-20(32)30-17-6-3-5-16(11-17)26(27,28)29/h2-9,11,15,19,21-22H,10,12H2,1H3,(H,30,32)/t15-,19+,21+,22-/m0/s1. The van der Waals surface area contributed by atoms with Gasteiger partial charge >= 0.3 is 12.1 Å². The Hall–Kier alpha value is -3.95. The van der Waals surface area contributed by atoms with Gasteiger partial charge in [-0.15, -0.1) is 0 Å². The number of carbonyl (C=O) groups is 4. The number of alkyl halides is 3. The number of esters is 1. The molecule has 36 heavy (non-hydrogen) atoms. The van der Waals surface area contributed by atoms with Crippen LogP contribution in [0.15, 0.2) is 60.2 Å². The Morgan fingerprint density at radius 3 is 2.53 bits per heavy atom. The van der Waals surface area contributed by atoms with Crippen LogP contribution in [0, 0.1) is 23.7 Å². The first-order valence-electron chi connectivity index (χ1n) is 11.3. The summed E-state index contributed by atoms with van der Waals surface area (Å²) in [6.45, 7) is 1.24. The third kappa shape index (κ3) is 4.06. The molecule has 2 aromatic carbocycles. The number of imide groups is 1. The van der Waals surface area contributed by atoms with Gasteiger partial charge in [-0.25, -0.2) is 9.69 Å². The van der Waals surface area contributed by atoms with Gasteiger partial charge in [0.05, 0.1) is 28.7 Å². The minimum Gasteiger partial charge on any atom is -0.452 e. The van der Waals surface area contributed by atoms with Gasteiger partial charge in [0.1, 0.15) is 0 Å². The van der Waals surface area contributed by atoms with Crippen molar-refractivity contribution in [3.05, 3.63) is 71.3 Å². The highest BCUT2D eigenvalue weighted by Crippen LogP contribution is 2.55. The van der Waals surface area contributed by atoms with Crippen molar-refractivity contribution in [2.24, 2.45) is 23.7 Å². The summed E-state index contributed by atoms with van der Waals surface area (Å²) in [5, 5.41) is 2.25. The van der Waals surface area contributed by atoms with Gasteiger partial charge in [-0.3, -0.25) is 14.4 Å². The highest BCUT2D eigenvalue weighted by atomic mass is 19.4. The molecule has 1 N–H and O–H groups in total. The molecule has 3 aliphatic rings. The molecular weight excluding hydrogens is 477 g/mol. The van der Waals surface area contributed by atoms with E-state index in [9.17, 15) is 32.3 Å². The van der Waals surface area contributed by atoms with Gasteiger partial charge in [-0.2, -0.15) is 13.2 Å². The maximum atomic E-state index is 13.1. The lowest BCUT2D eigenvalue weighted by molar-refractivity contribution is -0.137. The topological polar surface area (TPSA) is 92.8 Å². The Labute approximate surface area is 203 Å². The van der Waals surface area contributed by atoms with Crippen molar-refractivity contribution in [3.63, 3.8) is 0 Å². The van der Waals surface area contributed by atoms with Crippen molar-refractivity contribution < 1.29 is 37.1 Å². The van der Waals surface area contributed by atoms with Crippen LogP contribution in [0.25, 0.3) is 0 Å². The van der Waals surface area contributed by atoms with E-state index in [0.29, 0.717) is 0 Å². The number of nitrogens with one attached hydrogen (secondary N) is 1. The largest absolute Gasteiger partial charge is 0.452 e. The maximum Gasteiger partial charge on any atom is 0.416 e. The molecule has 2 aliphatic carbocycles. The van der Waals surface area contributed by atoms with Crippen LogP contribution in [0.2, 0.25) is 0 Å². The van der Waals surface area contributed by atoms with E-state index in [1.807, 2.05) is 6.92 Å². The zero-order chi connectivity index (χ0) is 25.8. The number of amides is 3. The summed E-state index contributed by atoms with van der Waals surface area (Å²) in [5.41, 5.74) is 0.380. The molecule has 0 unspecified atom stereocenters. The fraction of sp³-hybridized carbons (Fsp3) is 0.308. The minimum absolute atomic E-state index is 0.0225. The summed E-state index contributed by atoms with van der Waals surface area (Å²) < 4.78 is 43.5. The molecule has 0 aromatic heterocycles. The Morgan fingerprint density at radius 1 is 1.06 bits per heavy atom. The fourth-order valence-corrected chi connectivity index (χ4v) is 5.49. The highest BCUT2D eigenvalue weighted by Gasteiger charge is 2.60. The lowest BCUT2D eigenvalue weighted by Gasteiger charge is -2.19. The normalized spacial score (nSPS) is 24.6. The van der Waals surface area contributed by atoms with E-state index in [-0.39, 0.29) is 52.4 Å². The second kappa shape index (κ2) is 8.61. The molecule has 0 radical (unpaired) electrons. The number of nitrogens with zero attached hydrogens (tertiary/aromatic N) is 1. The Balaban J connectivity index is 1.23. The number of fused-ring (bicyclic) bond motifs is 5. The summed E-state index contributed by atoms with van der Waals surface area (Å²) in [4.78, 5) is 52.0. The summed E-state index contributed by atoms with van der Waals surface area (Å²) in [5.74, 6) is -2.94. The SMILES string of the molecule is CC1=C[C@H]2C[C@H]1[C@@H]1C(=O)N(c3cccc(C(=O)OCC(=O)Nc4cccc(C(F)(F)F)c4)c3)C(=O)[C@@H]12. The monoisotopic (exact) mass is 498 g/mol. The van der Waals surface area contributed by atoms with Crippen LogP contribution in [0.4, 0.5) is 24.5 Å². The van der Waals surface area contributed by atoms with Crippen molar-refractivity contribution in [1.82, 2.24) is 0 Å². The first-order valence-corrected chi connectivity index (χ1v) is 11.3. The predicted octanol–water partition coefficient (Wildman–Crippen LogP) is 4.20. The molecule has 1 heterocycles. The molecular formula is C26H21F3N2O5. The number of halogens is 3. The summed E-state index contributed by atoms with van der Waals surface area (Å²) >= 11 is 0. The number of allylic oxidation sites excluding steroid dienone is 2. The van der Waals surface area contributed by atoms with Crippen LogP contribution in [0.5, 0.6) is 0 Å². The number of rotatable bonds is 5. The molecule has 10 heteroatoms. The first kappa shape index (κ1) is 23.8. The Kier molecular flexibility index (Phi) is 5.69. The minimum atomic E-state index is -4.57. The third-order valence-corrected chi connectivity index (χ3v) is 7.03. The molecule has 0 spiro atoms. The van der Waals surface area contributed by atoms with E-state index in [4.69, 9.17) is 4.74 Å². The number of carbonyl (C=O) groups excluding carboxylic acids is 4. The quantitative estimate of drug-likeness (QED) is 0.379. The second-order valence-corrected chi connectivity index (χ2v) is 9.23. The third-order valence-electron chi connectivity index (χ3n) is 7.03. The van der Waals surface area contributed by atoms with Crippen molar-refractivity contribution in [3.8, 4) is 0 Å². The Bertz CT molecular complexity index is 1320. The van der Waals surface area contributed by atoms with Gasteiger partial charge in [-0.1, -0.05) is 23.8 Å². The average molecular weight is 498 g/mol. The van der Waals surface area contributed by atoms with E-state index < -0.39 is 30.2 Å². The number of anilines is 2. The van der Waals surface area contributed by atoms with Gasteiger partial charge < -0.3 is 10.1 Å². The Morgan fingerprint density at radius 2 is 1.78 bits per heavy atom. The molecule has 1 saturated carbocycles. The van der Waals surface area contributed by atoms with Crippen LogP contribution in [-0.2, 0) is 25.3 Å². The van der Waals surface area contributed by atoms with E-state index in [0.717, 1.165) is 35.1 Å². The van der Waals surface area contributed by atoms with E-state index in [2.05, 4.69) is 11.4 Å². The highest BCUT2D eigenvalue weighted by molar-refractivity contribution is 6.23. The lowest BCUT2D eigenvalue weighted by atomic mass is 9.82. The number of ether oxygens (including phenoxy) is 1. The first-order chi connectivity index (χ1) is 17.0. The molecule has 5 rings (SSSR count). The molecule has 2 fully saturated rings. The van der Waals surface area contributed by atoms with Crippen molar-refractivity contribution >= 4 is 35.1 Å². The molecule has 7 nitrogen and oxygen atoms in total. The lowest BCUT2D eigenvalue weighted by Crippen LogP contribution is -2.33. The van der Waals surface area contributed by atoms with Crippen molar-refractivity contribution in [2.75, 3.05) is 16.8 Å². The van der Waals surface area contributed by atoms with E-state index in [1.165, 1.54) is 24.3 Å². The van der Waals surface area contributed by atoms with Crippen molar-refractivity contribution in [2.45, 2.75) is 19.5 Å². The van der Waals surface area contributed by atoms with Crippen molar-refractivity contribution in [1.29, 1.82) is 0 Å². The molecule has 3 amide bonds. The smallest absolute Gasteiger partial charge is 0.416 e. The van der Waals surface area contributed by atoms with Crippen LogP contribution >= 0.6 is 0 Å². The summed E-state index contributed by atoms with van der Waals surface area (Å²) in [6.07, 6.45) is -1.69. The van der Waals surface area contributed by atoms with E-state index >= 15 is 0 Å². The van der Waals surface area contributed by atoms with Gasteiger partial charge in [0, 0.05) is 5.69 Å². The van der Waals surface area contributed by atoms with Crippen LogP contribution in [0.3, 0.4) is 0 Å². The fourth-order valence-electron chi connectivity index (χ4n) is 5.49. The molecule has 1 saturated heterocycles. The van der Waals surface area contributed by atoms with E-state index in [1.54, 1.807) is 6.07 Å². The molecule has 4 atom stereocenters. The molecule has 2 bridgehead atoms. The van der Waals surface area contributed by atoms with Crippen LogP contribution in [-0.4, -0.2) is 30.3 Å². The van der Waals surface area contributed by atoms with Gasteiger partial charge in [-0.05, 0) is 61.6 Å². The number of hydrogen-bond donors (Lipinski definition) is 1. The summed E-state index contributed by atoms with van der Waals surface area (Å²) in [7, 11) is 0. The number of benzene rings is 2. The molecule has 186 valence electrons. The number of hydrogen-bond acceptors (Lipinski definition) is 5. The maximum absolute atomic E-state index is 13.1. The zero-order valence-corrected chi connectivity index (χ0v) is 19.0. The van der Waals surface area contributed by atoms with Crippen LogP contribution < -0.4 is 10.2 Å². The van der Waals surface area contributed by atoms with Gasteiger partial charge in [0.2, 0.25) is 11.8 Å².